The first-order valence-corrected chi connectivity index (χ1v) is 11.9. The maximum Gasteiger partial charge on any atom is 0.303 e. The number of likely N-dealkylation sites (tertiary alicyclic amines) is 1. The number of carbonyl (C=O) groups is 3. The summed E-state index contributed by atoms with van der Waals surface area (Å²) in [5.41, 5.74) is 5.30. The van der Waals surface area contributed by atoms with E-state index in [1.54, 1.807) is 0 Å². The van der Waals surface area contributed by atoms with Gasteiger partial charge < -0.3 is 34.5 Å². The number of carbonyl (C=O) groups excluding carboxylic acids is 2. The Balaban J connectivity index is 1.87. The molecule has 1 fully saturated rings. The third-order valence-corrected chi connectivity index (χ3v) is 5.44. The van der Waals surface area contributed by atoms with Gasteiger partial charge in [0.15, 0.2) is 0 Å². The van der Waals surface area contributed by atoms with E-state index in [9.17, 15) is 14.4 Å². The molecule has 11 nitrogen and oxygen atoms in total. The van der Waals surface area contributed by atoms with Gasteiger partial charge in [0.25, 0.3) is 0 Å². The zero-order chi connectivity index (χ0) is 23.4. The van der Waals surface area contributed by atoms with Crippen LogP contribution in [0.4, 0.5) is 0 Å². The van der Waals surface area contributed by atoms with E-state index in [-0.39, 0.29) is 37.6 Å². The Morgan fingerprint density at radius 3 is 1.91 bits per heavy atom. The second-order valence-corrected chi connectivity index (χ2v) is 8.11. The molecule has 0 spiro atoms. The third-order valence-electron chi connectivity index (χ3n) is 4.27. The van der Waals surface area contributed by atoms with Gasteiger partial charge in [-0.05, 0) is 6.42 Å². The van der Waals surface area contributed by atoms with Crippen molar-refractivity contribution in [2.75, 3.05) is 84.9 Å². The lowest BCUT2D eigenvalue weighted by Gasteiger charge is -2.14. The number of aliphatic carboxylic acids is 1. The Morgan fingerprint density at radius 1 is 0.906 bits per heavy atom. The van der Waals surface area contributed by atoms with Gasteiger partial charge in [-0.2, -0.15) is 0 Å². The van der Waals surface area contributed by atoms with Crippen LogP contribution in [0.5, 0.6) is 0 Å². The number of nitrogens with two attached hydrogens (primary N) is 1. The average Bonchev–Trinajstić information content (AvgIpc) is 3.03. The van der Waals surface area contributed by atoms with Gasteiger partial charge in [-0.15, -0.1) is 11.8 Å². The van der Waals surface area contributed by atoms with E-state index in [1.165, 1.54) is 16.7 Å². The second kappa shape index (κ2) is 19.2. The summed E-state index contributed by atoms with van der Waals surface area (Å²) in [7, 11) is 0. The summed E-state index contributed by atoms with van der Waals surface area (Å²) in [4.78, 5) is 35.9. The van der Waals surface area contributed by atoms with Crippen molar-refractivity contribution < 1.29 is 43.2 Å². The monoisotopic (exact) mass is 480 g/mol. The molecule has 2 amide bonds. The van der Waals surface area contributed by atoms with E-state index in [0.29, 0.717) is 78.4 Å². The van der Waals surface area contributed by atoms with Gasteiger partial charge in [0.1, 0.15) is 0 Å². The van der Waals surface area contributed by atoms with Gasteiger partial charge >= 0.3 is 5.97 Å². The van der Waals surface area contributed by atoms with Crippen LogP contribution >= 0.6 is 11.8 Å². The summed E-state index contributed by atoms with van der Waals surface area (Å²) in [6.45, 7) is 5.53. The summed E-state index contributed by atoms with van der Waals surface area (Å²) in [5.74, 6) is -0.821. The molecule has 1 atom stereocenters. The minimum absolute atomic E-state index is 0.0584. The molecule has 0 radical (unpaired) electrons. The van der Waals surface area contributed by atoms with Gasteiger partial charge in [-0.1, -0.05) is 0 Å². The lowest BCUT2D eigenvalue weighted by atomic mass is 10.3. The van der Waals surface area contributed by atoms with Crippen LogP contribution in [0.2, 0.25) is 0 Å². The number of nitrogens with zero attached hydrogens (tertiary/aromatic N) is 1. The predicted octanol–water partition coefficient (Wildman–Crippen LogP) is -0.246. The Hall–Kier alpha value is -1.28. The van der Waals surface area contributed by atoms with E-state index < -0.39 is 11.2 Å². The minimum atomic E-state index is -0.936. The summed E-state index contributed by atoms with van der Waals surface area (Å²) < 4.78 is 26.8. The molecule has 0 bridgehead atoms. The molecular formula is C20H36N2O9S. The zero-order valence-corrected chi connectivity index (χ0v) is 19.4. The lowest BCUT2D eigenvalue weighted by molar-refractivity contribution is -0.141. The van der Waals surface area contributed by atoms with E-state index in [2.05, 4.69) is 0 Å². The maximum atomic E-state index is 12.2. The molecule has 0 aliphatic carbocycles. The molecule has 0 aromatic rings. The molecule has 1 heterocycles. The van der Waals surface area contributed by atoms with Crippen molar-refractivity contribution in [2.24, 2.45) is 5.73 Å². The number of imide groups is 1. The van der Waals surface area contributed by atoms with Crippen molar-refractivity contribution in [3.8, 4) is 0 Å². The smallest absolute Gasteiger partial charge is 0.303 e. The van der Waals surface area contributed by atoms with Crippen LogP contribution in [-0.2, 0) is 38.1 Å². The fourth-order valence-corrected chi connectivity index (χ4v) is 3.75. The predicted molar refractivity (Wildman–Crippen MR) is 118 cm³/mol. The molecule has 0 aromatic carbocycles. The number of carboxylic acids is 1. The Morgan fingerprint density at radius 2 is 1.41 bits per heavy atom. The number of thioether (sulfide) groups is 1. The quantitative estimate of drug-likeness (QED) is 0.156. The van der Waals surface area contributed by atoms with Crippen LogP contribution in [0.3, 0.4) is 0 Å². The normalized spacial score (nSPS) is 16.3. The fraction of sp³-hybridized carbons (Fsp3) is 0.850. The van der Waals surface area contributed by atoms with Crippen LogP contribution in [0.1, 0.15) is 19.3 Å². The molecule has 1 aliphatic rings. The van der Waals surface area contributed by atoms with Crippen LogP contribution in [0.25, 0.3) is 0 Å². The molecule has 1 saturated heterocycles. The first-order chi connectivity index (χ1) is 15.6. The van der Waals surface area contributed by atoms with Gasteiger partial charge in [0.2, 0.25) is 11.8 Å². The van der Waals surface area contributed by atoms with E-state index in [1.807, 2.05) is 0 Å². The molecule has 186 valence electrons. The van der Waals surface area contributed by atoms with Crippen molar-refractivity contribution >= 4 is 29.5 Å². The van der Waals surface area contributed by atoms with Gasteiger partial charge in [-0.3, -0.25) is 19.3 Å². The highest BCUT2D eigenvalue weighted by atomic mass is 32.2. The molecular weight excluding hydrogens is 444 g/mol. The Labute approximate surface area is 193 Å². The van der Waals surface area contributed by atoms with Crippen LogP contribution in [0.15, 0.2) is 0 Å². The molecule has 3 N–H and O–H groups in total. The summed E-state index contributed by atoms with van der Waals surface area (Å²) in [6.07, 6.45) is 0.376. The van der Waals surface area contributed by atoms with Crippen molar-refractivity contribution in [2.45, 2.75) is 24.5 Å². The van der Waals surface area contributed by atoms with Gasteiger partial charge in [-0.25, -0.2) is 0 Å². The van der Waals surface area contributed by atoms with Crippen molar-refractivity contribution in [3.63, 3.8) is 0 Å². The SMILES string of the molecule is NCCOCCOCCOCCOCCOCCSC1CC(=O)N(CCCC(=O)O)C1=O. The average molecular weight is 481 g/mol. The first kappa shape index (κ1) is 28.8. The number of ether oxygens (including phenoxy) is 5. The summed E-state index contributed by atoms with van der Waals surface area (Å²) in [6, 6.07) is 0. The third kappa shape index (κ3) is 14.0. The highest BCUT2D eigenvalue weighted by molar-refractivity contribution is 8.00. The first-order valence-electron chi connectivity index (χ1n) is 10.8. The van der Waals surface area contributed by atoms with Crippen LogP contribution in [-0.4, -0.2) is 118 Å². The van der Waals surface area contributed by atoms with Crippen LogP contribution < -0.4 is 5.73 Å². The lowest BCUT2D eigenvalue weighted by Crippen LogP contribution is -2.32. The maximum absolute atomic E-state index is 12.2. The van der Waals surface area contributed by atoms with Crippen molar-refractivity contribution in [1.82, 2.24) is 4.90 Å². The topological polar surface area (TPSA) is 147 Å². The summed E-state index contributed by atoms with van der Waals surface area (Å²) >= 11 is 1.39. The Bertz CT molecular complexity index is 539. The number of rotatable bonds is 22. The fourth-order valence-electron chi connectivity index (χ4n) is 2.72. The van der Waals surface area contributed by atoms with E-state index in [4.69, 9.17) is 34.5 Å². The molecule has 1 unspecified atom stereocenters. The van der Waals surface area contributed by atoms with Crippen molar-refractivity contribution in [1.29, 1.82) is 0 Å². The summed E-state index contributed by atoms with van der Waals surface area (Å²) in [5, 5.41) is 8.24. The van der Waals surface area contributed by atoms with E-state index >= 15 is 0 Å². The zero-order valence-electron chi connectivity index (χ0n) is 18.5. The standard InChI is InChI=1S/C20H36N2O9S/c21-3-5-27-6-7-28-8-9-29-10-11-30-12-13-31-14-15-32-17-16-18(23)22(20(17)26)4-1-2-19(24)25/h17H,1-16,21H2,(H,24,25). The number of hydrogen-bond donors (Lipinski definition) is 2. The van der Waals surface area contributed by atoms with Crippen LogP contribution in [0, 0.1) is 0 Å². The van der Waals surface area contributed by atoms with Crippen molar-refractivity contribution in [3.05, 3.63) is 0 Å². The van der Waals surface area contributed by atoms with Gasteiger partial charge in [0, 0.05) is 31.7 Å². The Kier molecular flexibility index (Phi) is 17.3. The highest BCUT2D eigenvalue weighted by Crippen LogP contribution is 2.25. The highest BCUT2D eigenvalue weighted by Gasteiger charge is 2.38. The molecule has 0 saturated carbocycles. The van der Waals surface area contributed by atoms with E-state index in [0.717, 1.165) is 0 Å². The molecule has 0 aromatic heterocycles. The molecule has 1 rings (SSSR count). The number of hydrogen-bond acceptors (Lipinski definition) is 10. The molecule has 32 heavy (non-hydrogen) atoms. The molecule has 12 heteroatoms. The second-order valence-electron chi connectivity index (χ2n) is 6.80. The minimum Gasteiger partial charge on any atom is -0.481 e. The number of amides is 2. The largest absolute Gasteiger partial charge is 0.481 e. The molecule has 1 aliphatic heterocycles. The number of carboxylic acid groups (broad SMARTS) is 1. The van der Waals surface area contributed by atoms with Gasteiger partial charge in [0.05, 0.1) is 71.3 Å².